The van der Waals surface area contributed by atoms with Gasteiger partial charge in [-0.1, -0.05) is 24.1 Å². The summed E-state index contributed by atoms with van der Waals surface area (Å²) in [5.41, 5.74) is 0.495. The van der Waals surface area contributed by atoms with Gasteiger partial charge in [0.15, 0.2) is 6.29 Å². The molecule has 0 aromatic heterocycles. The number of benzene rings is 1. The molecule has 2 nitrogen and oxygen atoms in total. The number of hydrogen-bond donors (Lipinski definition) is 0. The van der Waals surface area contributed by atoms with Gasteiger partial charge in [0.1, 0.15) is 5.75 Å². The van der Waals surface area contributed by atoms with E-state index in [2.05, 4.69) is 0 Å². The molecule has 0 spiro atoms. The maximum atomic E-state index is 10.7. The molecule has 86 valence electrons. The van der Waals surface area contributed by atoms with Gasteiger partial charge in [-0.2, -0.15) is 0 Å². The minimum absolute atomic E-state index is 0.258. The lowest BCUT2D eigenvalue weighted by atomic mass is 9.98. The summed E-state index contributed by atoms with van der Waals surface area (Å²) in [4.78, 5) is 10.7. The molecule has 0 saturated heterocycles. The molecule has 0 atom stereocenters. The largest absolute Gasteiger partial charge is 0.489 e. The van der Waals surface area contributed by atoms with Gasteiger partial charge >= 0.3 is 0 Å². The van der Waals surface area contributed by atoms with E-state index in [1.807, 2.05) is 6.07 Å². The van der Waals surface area contributed by atoms with Crippen molar-refractivity contribution in [2.75, 3.05) is 0 Å². The van der Waals surface area contributed by atoms with Crippen molar-refractivity contribution in [3.8, 4) is 5.75 Å². The van der Waals surface area contributed by atoms with Crippen molar-refractivity contribution in [2.24, 2.45) is 0 Å². The minimum atomic E-state index is 0.258. The molecule has 0 bridgehead atoms. The highest BCUT2D eigenvalue weighted by atomic mass is 35.5. The molecule has 1 saturated carbocycles. The smallest absolute Gasteiger partial charge is 0.151 e. The van der Waals surface area contributed by atoms with Crippen molar-refractivity contribution < 1.29 is 9.53 Å². The SMILES string of the molecule is O=Cc1cccc(OC2CCCCC2)c1Cl. The summed E-state index contributed by atoms with van der Waals surface area (Å²) in [6.45, 7) is 0. The predicted molar refractivity (Wildman–Crippen MR) is 64.3 cm³/mol. The Hall–Kier alpha value is -1.02. The number of carbonyl (C=O) groups is 1. The van der Waals surface area contributed by atoms with Crippen LogP contribution >= 0.6 is 11.6 Å². The van der Waals surface area contributed by atoms with Gasteiger partial charge in [0.2, 0.25) is 0 Å². The fourth-order valence-electron chi connectivity index (χ4n) is 2.07. The minimum Gasteiger partial charge on any atom is -0.489 e. The molecule has 1 aromatic carbocycles. The standard InChI is InChI=1S/C13H15ClO2/c14-13-10(9-15)5-4-8-12(13)16-11-6-2-1-3-7-11/h4-5,8-9,11H,1-3,6-7H2. The number of rotatable bonds is 3. The number of carbonyl (C=O) groups excluding carboxylic acids is 1. The third kappa shape index (κ3) is 2.56. The quantitative estimate of drug-likeness (QED) is 0.748. The molecule has 0 heterocycles. The summed E-state index contributed by atoms with van der Waals surface area (Å²) in [5, 5.41) is 0.433. The van der Waals surface area contributed by atoms with Crippen LogP contribution in [0.3, 0.4) is 0 Å². The number of halogens is 1. The van der Waals surface area contributed by atoms with Gasteiger partial charge in [-0.15, -0.1) is 0 Å². The molecule has 3 heteroatoms. The van der Waals surface area contributed by atoms with E-state index in [0.717, 1.165) is 19.1 Å². The van der Waals surface area contributed by atoms with Gasteiger partial charge in [0, 0.05) is 5.56 Å². The van der Waals surface area contributed by atoms with Crippen LogP contribution in [0.25, 0.3) is 0 Å². The summed E-state index contributed by atoms with van der Waals surface area (Å²) < 4.78 is 5.84. The molecule has 0 radical (unpaired) electrons. The Kier molecular flexibility index (Phi) is 3.83. The van der Waals surface area contributed by atoms with E-state index in [1.165, 1.54) is 19.3 Å². The summed E-state index contributed by atoms with van der Waals surface area (Å²) in [6, 6.07) is 5.32. The maximum Gasteiger partial charge on any atom is 0.151 e. The third-order valence-electron chi connectivity index (χ3n) is 2.97. The molecule has 2 rings (SSSR count). The van der Waals surface area contributed by atoms with Crippen LogP contribution < -0.4 is 4.74 Å². The summed E-state index contributed by atoms with van der Waals surface area (Å²) in [5.74, 6) is 0.637. The van der Waals surface area contributed by atoms with Crippen molar-refractivity contribution in [2.45, 2.75) is 38.2 Å². The van der Waals surface area contributed by atoms with Crippen molar-refractivity contribution in [1.29, 1.82) is 0 Å². The van der Waals surface area contributed by atoms with Gasteiger partial charge in [-0.3, -0.25) is 4.79 Å². The average molecular weight is 239 g/mol. The Morgan fingerprint density at radius 2 is 2.00 bits per heavy atom. The first-order valence-electron chi connectivity index (χ1n) is 5.71. The van der Waals surface area contributed by atoms with Gasteiger partial charge in [-0.05, 0) is 37.8 Å². The molecule has 0 aliphatic heterocycles. The number of aldehydes is 1. The van der Waals surface area contributed by atoms with E-state index < -0.39 is 0 Å². The zero-order valence-corrected chi connectivity index (χ0v) is 9.87. The zero-order chi connectivity index (χ0) is 11.4. The molecule has 0 unspecified atom stereocenters. The van der Waals surface area contributed by atoms with E-state index in [9.17, 15) is 4.79 Å². The lowest BCUT2D eigenvalue weighted by Crippen LogP contribution is -2.19. The summed E-state index contributed by atoms with van der Waals surface area (Å²) in [7, 11) is 0. The molecule has 1 fully saturated rings. The first kappa shape index (κ1) is 11.5. The van der Waals surface area contributed by atoms with Gasteiger partial charge in [0.05, 0.1) is 11.1 Å². The third-order valence-corrected chi connectivity index (χ3v) is 3.37. The van der Waals surface area contributed by atoms with Crippen molar-refractivity contribution >= 4 is 17.9 Å². The van der Waals surface area contributed by atoms with Crippen LogP contribution in [0.5, 0.6) is 5.75 Å². The molecular formula is C13H15ClO2. The Balaban J connectivity index is 2.11. The predicted octanol–water partition coefficient (Wildman–Crippen LogP) is 3.86. The molecule has 1 aromatic rings. The van der Waals surface area contributed by atoms with Crippen molar-refractivity contribution in [1.82, 2.24) is 0 Å². The molecular weight excluding hydrogens is 224 g/mol. The fraction of sp³-hybridized carbons (Fsp3) is 0.462. The van der Waals surface area contributed by atoms with Crippen LogP contribution in [0.2, 0.25) is 5.02 Å². The second-order valence-corrected chi connectivity index (χ2v) is 4.53. The first-order chi connectivity index (χ1) is 7.81. The average Bonchev–Trinajstić information content (AvgIpc) is 2.33. The van der Waals surface area contributed by atoms with Crippen LogP contribution in [-0.2, 0) is 0 Å². The van der Waals surface area contributed by atoms with E-state index in [0.29, 0.717) is 16.3 Å². The highest BCUT2D eigenvalue weighted by Crippen LogP contribution is 2.30. The highest BCUT2D eigenvalue weighted by Gasteiger charge is 2.16. The lowest BCUT2D eigenvalue weighted by molar-refractivity contribution is 0.112. The van der Waals surface area contributed by atoms with Crippen LogP contribution in [0.4, 0.5) is 0 Å². The van der Waals surface area contributed by atoms with Gasteiger partial charge in [0.25, 0.3) is 0 Å². The number of hydrogen-bond acceptors (Lipinski definition) is 2. The zero-order valence-electron chi connectivity index (χ0n) is 9.12. The fourth-order valence-corrected chi connectivity index (χ4v) is 2.29. The normalized spacial score (nSPS) is 17.1. The summed E-state index contributed by atoms with van der Waals surface area (Å²) >= 11 is 6.07. The first-order valence-corrected chi connectivity index (χ1v) is 6.09. The highest BCUT2D eigenvalue weighted by molar-refractivity contribution is 6.34. The molecule has 1 aliphatic rings. The molecule has 0 N–H and O–H groups in total. The van der Waals surface area contributed by atoms with Crippen LogP contribution in [0.1, 0.15) is 42.5 Å². The topological polar surface area (TPSA) is 26.3 Å². The van der Waals surface area contributed by atoms with E-state index >= 15 is 0 Å². The molecule has 16 heavy (non-hydrogen) atoms. The molecule has 0 amide bonds. The lowest BCUT2D eigenvalue weighted by Gasteiger charge is -2.23. The number of ether oxygens (including phenoxy) is 1. The Morgan fingerprint density at radius 1 is 1.25 bits per heavy atom. The van der Waals surface area contributed by atoms with Crippen LogP contribution in [-0.4, -0.2) is 12.4 Å². The van der Waals surface area contributed by atoms with Crippen molar-refractivity contribution in [3.63, 3.8) is 0 Å². The molecule has 1 aliphatic carbocycles. The maximum absolute atomic E-state index is 10.7. The van der Waals surface area contributed by atoms with E-state index in [-0.39, 0.29) is 6.10 Å². The van der Waals surface area contributed by atoms with Gasteiger partial charge < -0.3 is 4.74 Å². The van der Waals surface area contributed by atoms with Gasteiger partial charge in [-0.25, -0.2) is 0 Å². The Bertz CT molecular complexity index is 370. The monoisotopic (exact) mass is 238 g/mol. The second kappa shape index (κ2) is 5.35. The Morgan fingerprint density at radius 3 is 2.69 bits per heavy atom. The second-order valence-electron chi connectivity index (χ2n) is 4.16. The van der Waals surface area contributed by atoms with Crippen LogP contribution in [0.15, 0.2) is 18.2 Å². The Labute approximate surface area is 101 Å². The van der Waals surface area contributed by atoms with Crippen molar-refractivity contribution in [3.05, 3.63) is 28.8 Å². The van der Waals surface area contributed by atoms with E-state index in [4.69, 9.17) is 16.3 Å². The van der Waals surface area contributed by atoms with Crippen LogP contribution in [0, 0.1) is 0 Å². The van der Waals surface area contributed by atoms with E-state index in [1.54, 1.807) is 12.1 Å². The summed E-state index contributed by atoms with van der Waals surface area (Å²) in [6.07, 6.45) is 6.92.